The molecule has 19 heavy (non-hydrogen) atoms. The van der Waals surface area contributed by atoms with Crippen molar-refractivity contribution >= 4 is 23.5 Å². The number of nitrogens with two attached hydrogens (primary N) is 1. The van der Waals surface area contributed by atoms with Crippen molar-refractivity contribution < 1.29 is 10.0 Å². The molecular formula is C13H25N3O2S. The highest BCUT2D eigenvalue weighted by atomic mass is 32.2. The molecule has 3 atom stereocenters. The Morgan fingerprint density at radius 2 is 2.26 bits per heavy atom. The summed E-state index contributed by atoms with van der Waals surface area (Å²) in [4.78, 5) is 12.2. The van der Waals surface area contributed by atoms with E-state index in [0.29, 0.717) is 11.7 Å². The maximum atomic E-state index is 12.2. The van der Waals surface area contributed by atoms with Gasteiger partial charge in [-0.25, -0.2) is 0 Å². The van der Waals surface area contributed by atoms with Crippen LogP contribution in [0.5, 0.6) is 0 Å². The molecule has 0 radical (unpaired) electrons. The van der Waals surface area contributed by atoms with E-state index in [-0.39, 0.29) is 17.8 Å². The third-order valence-corrected chi connectivity index (χ3v) is 4.73. The Bertz CT molecular complexity index is 323. The zero-order valence-corrected chi connectivity index (χ0v) is 12.6. The van der Waals surface area contributed by atoms with E-state index in [1.165, 1.54) is 0 Å². The average Bonchev–Trinajstić information content (AvgIpc) is 2.82. The Labute approximate surface area is 119 Å². The van der Waals surface area contributed by atoms with Gasteiger partial charge in [-0.05, 0) is 31.4 Å². The van der Waals surface area contributed by atoms with E-state index in [0.717, 1.165) is 31.4 Å². The normalized spacial score (nSPS) is 25.3. The molecule has 1 amide bonds. The Hall–Kier alpha value is -0.910. The molecule has 0 saturated heterocycles. The van der Waals surface area contributed by atoms with E-state index < -0.39 is 5.92 Å². The summed E-state index contributed by atoms with van der Waals surface area (Å²) in [6.07, 6.45) is 4.65. The number of nitrogens with one attached hydrogen (secondary N) is 1. The number of amidine groups is 1. The van der Waals surface area contributed by atoms with Crippen molar-refractivity contribution in [3.63, 3.8) is 0 Å². The standard InChI is InChI=1S/C13H25N3O2S/c1-3-5-11(12(14)16-18)13(17)15-9-6-7-10(8-9)19-4-2/h9-11,18H,3-8H2,1-2H3,(H2,14,16)(H,15,17). The minimum Gasteiger partial charge on any atom is -0.409 e. The lowest BCUT2D eigenvalue weighted by Crippen LogP contribution is -2.43. The van der Waals surface area contributed by atoms with Crippen molar-refractivity contribution in [1.82, 2.24) is 5.32 Å². The van der Waals surface area contributed by atoms with Gasteiger partial charge in [-0.2, -0.15) is 11.8 Å². The molecule has 1 aliphatic carbocycles. The molecule has 0 heterocycles. The second-order valence-electron chi connectivity index (χ2n) is 4.96. The molecule has 1 rings (SSSR count). The molecule has 0 aromatic heterocycles. The summed E-state index contributed by atoms with van der Waals surface area (Å²) in [5.41, 5.74) is 5.59. The highest BCUT2D eigenvalue weighted by Gasteiger charge is 2.29. The number of hydrogen-bond donors (Lipinski definition) is 3. The minimum atomic E-state index is -0.507. The predicted octanol–water partition coefficient (Wildman–Crippen LogP) is 1.94. The Morgan fingerprint density at radius 1 is 1.53 bits per heavy atom. The van der Waals surface area contributed by atoms with Crippen molar-refractivity contribution in [3.8, 4) is 0 Å². The van der Waals surface area contributed by atoms with E-state index in [9.17, 15) is 4.79 Å². The lowest BCUT2D eigenvalue weighted by Gasteiger charge is -2.18. The van der Waals surface area contributed by atoms with Gasteiger partial charge in [-0.1, -0.05) is 25.4 Å². The van der Waals surface area contributed by atoms with Crippen LogP contribution in [0.3, 0.4) is 0 Å². The molecule has 5 nitrogen and oxygen atoms in total. The number of carbonyl (C=O) groups is 1. The topological polar surface area (TPSA) is 87.7 Å². The summed E-state index contributed by atoms with van der Waals surface area (Å²) in [5.74, 6) is 0.516. The van der Waals surface area contributed by atoms with Crippen LogP contribution in [-0.2, 0) is 4.79 Å². The fourth-order valence-electron chi connectivity index (χ4n) is 2.53. The monoisotopic (exact) mass is 287 g/mol. The molecule has 0 bridgehead atoms. The van der Waals surface area contributed by atoms with Gasteiger partial charge in [0.1, 0.15) is 0 Å². The van der Waals surface area contributed by atoms with Crippen LogP contribution in [0.2, 0.25) is 0 Å². The van der Waals surface area contributed by atoms with E-state index in [2.05, 4.69) is 17.4 Å². The third kappa shape index (κ3) is 4.93. The van der Waals surface area contributed by atoms with Gasteiger partial charge in [-0.15, -0.1) is 0 Å². The van der Waals surface area contributed by atoms with Crippen LogP contribution in [0.1, 0.15) is 46.0 Å². The van der Waals surface area contributed by atoms with Crippen molar-refractivity contribution in [1.29, 1.82) is 0 Å². The number of thioether (sulfide) groups is 1. The second-order valence-corrected chi connectivity index (χ2v) is 6.54. The van der Waals surface area contributed by atoms with Gasteiger partial charge in [0.05, 0.1) is 5.92 Å². The predicted molar refractivity (Wildman–Crippen MR) is 79.5 cm³/mol. The molecule has 0 aromatic rings. The highest BCUT2D eigenvalue weighted by Crippen LogP contribution is 2.29. The van der Waals surface area contributed by atoms with Crippen LogP contribution in [-0.4, -0.2) is 34.0 Å². The van der Waals surface area contributed by atoms with Crippen molar-refractivity contribution in [2.24, 2.45) is 16.8 Å². The van der Waals surface area contributed by atoms with Gasteiger partial charge >= 0.3 is 0 Å². The molecule has 0 aromatic carbocycles. The first-order valence-corrected chi connectivity index (χ1v) is 8.06. The highest BCUT2D eigenvalue weighted by molar-refractivity contribution is 7.99. The van der Waals surface area contributed by atoms with Crippen LogP contribution in [0.4, 0.5) is 0 Å². The summed E-state index contributed by atoms with van der Waals surface area (Å²) in [7, 11) is 0. The Kier molecular flexibility index (Phi) is 7.05. The van der Waals surface area contributed by atoms with Crippen LogP contribution in [0.25, 0.3) is 0 Å². The molecule has 0 spiro atoms. The van der Waals surface area contributed by atoms with Crippen molar-refractivity contribution in [2.75, 3.05) is 5.75 Å². The zero-order valence-electron chi connectivity index (χ0n) is 11.8. The number of carbonyl (C=O) groups excluding carboxylic acids is 1. The van der Waals surface area contributed by atoms with Gasteiger partial charge in [0.25, 0.3) is 0 Å². The van der Waals surface area contributed by atoms with Crippen molar-refractivity contribution in [2.45, 2.75) is 57.2 Å². The molecule has 4 N–H and O–H groups in total. The molecule has 1 saturated carbocycles. The molecule has 0 aliphatic heterocycles. The van der Waals surface area contributed by atoms with Gasteiger partial charge in [0.2, 0.25) is 5.91 Å². The van der Waals surface area contributed by atoms with Gasteiger partial charge in [0, 0.05) is 11.3 Å². The molecule has 110 valence electrons. The fraction of sp³-hybridized carbons (Fsp3) is 0.846. The molecule has 3 unspecified atom stereocenters. The molecule has 1 fully saturated rings. The maximum Gasteiger partial charge on any atom is 0.231 e. The first-order chi connectivity index (χ1) is 9.12. The van der Waals surface area contributed by atoms with E-state index in [1.807, 2.05) is 18.7 Å². The van der Waals surface area contributed by atoms with Gasteiger partial charge in [0.15, 0.2) is 5.84 Å². The number of nitrogens with zero attached hydrogens (tertiary/aromatic N) is 1. The van der Waals surface area contributed by atoms with Crippen LogP contribution in [0, 0.1) is 5.92 Å². The SMILES string of the molecule is CCCC(C(=O)NC1CCC(SCC)C1)C(N)=NO. The lowest BCUT2D eigenvalue weighted by atomic mass is 10.0. The van der Waals surface area contributed by atoms with E-state index >= 15 is 0 Å². The van der Waals surface area contributed by atoms with E-state index in [1.54, 1.807) is 0 Å². The van der Waals surface area contributed by atoms with Gasteiger partial charge < -0.3 is 16.3 Å². The fourth-order valence-corrected chi connectivity index (χ4v) is 3.67. The summed E-state index contributed by atoms with van der Waals surface area (Å²) in [6.45, 7) is 4.14. The molecule has 6 heteroatoms. The zero-order chi connectivity index (χ0) is 14.3. The molecular weight excluding hydrogens is 262 g/mol. The first kappa shape index (κ1) is 16.1. The van der Waals surface area contributed by atoms with Crippen molar-refractivity contribution in [3.05, 3.63) is 0 Å². The Balaban J connectivity index is 2.49. The number of hydrogen-bond acceptors (Lipinski definition) is 4. The van der Waals surface area contributed by atoms with Gasteiger partial charge in [-0.3, -0.25) is 4.79 Å². The summed E-state index contributed by atoms with van der Waals surface area (Å²) < 4.78 is 0. The first-order valence-electron chi connectivity index (χ1n) is 7.01. The quantitative estimate of drug-likeness (QED) is 0.289. The summed E-state index contributed by atoms with van der Waals surface area (Å²) in [5, 5.41) is 15.4. The summed E-state index contributed by atoms with van der Waals surface area (Å²) in [6, 6.07) is 0.238. The number of amides is 1. The largest absolute Gasteiger partial charge is 0.409 e. The third-order valence-electron chi connectivity index (χ3n) is 3.50. The smallest absolute Gasteiger partial charge is 0.231 e. The minimum absolute atomic E-state index is 0.0110. The van der Waals surface area contributed by atoms with Crippen LogP contribution >= 0.6 is 11.8 Å². The Morgan fingerprint density at radius 3 is 2.84 bits per heavy atom. The van der Waals surface area contributed by atoms with E-state index in [4.69, 9.17) is 10.9 Å². The average molecular weight is 287 g/mol. The molecule has 1 aliphatic rings. The van der Waals surface area contributed by atoms with Crippen LogP contribution in [0.15, 0.2) is 5.16 Å². The maximum absolute atomic E-state index is 12.2. The number of rotatable bonds is 7. The lowest BCUT2D eigenvalue weighted by molar-refractivity contribution is -0.123. The van der Waals surface area contributed by atoms with Crippen LogP contribution < -0.4 is 11.1 Å². The summed E-state index contributed by atoms with van der Waals surface area (Å²) >= 11 is 1.96. The number of oxime groups is 1. The second kappa shape index (κ2) is 8.30.